The SMILES string of the molecule is C=CC(=O)N1CCC(N(C)c2nc(OCC34CCCN3CC(F)C4)nc3c(F)c(-c4c(F)cc(F)c5sc(N)nc45)ncc23)C1. The molecule has 6 heterocycles. The third-order valence-corrected chi connectivity index (χ3v) is 10.1. The number of pyridine rings is 1. The fraction of sp³-hybridized carbons (Fsp3) is 0.433. The summed E-state index contributed by atoms with van der Waals surface area (Å²) < 4.78 is 66.8. The predicted molar refractivity (Wildman–Crippen MR) is 162 cm³/mol. The van der Waals surface area contributed by atoms with E-state index in [9.17, 15) is 13.6 Å². The summed E-state index contributed by atoms with van der Waals surface area (Å²) in [6.07, 6.45) is 4.22. The lowest BCUT2D eigenvalue weighted by Crippen LogP contribution is -2.43. The van der Waals surface area contributed by atoms with Crippen LogP contribution < -0.4 is 15.4 Å². The Morgan fingerprint density at radius 3 is 2.84 bits per heavy atom. The van der Waals surface area contributed by atoms with Crippen molar-refractivity contribution in [3.05, 3.63) is 42.4 Å². The van der Waals surface area contributed by atoms with Crippen LogP contribution in [0, 0.1) is 17.5 Å². The Labute approximate surface area is 259 Å². The summed E-state index contributed by atoms with van der Waals surface area (Å²) in [5.74, 6) is -2.80. The number of fused-ring (bicyclic) bond motifs is 3. The van der Waals surface area contributed by atoms with E-state index in [1.807, 2.05) is 4.90 Å². The molecule has 4 aromatic rings. The van der Waals surface area contributed by atoms with Gasteiger partial charge in [0, 0.05) is 51.4 Å². The summed E-state index contributed by atoms with van der Waals surface area (Å²) in [5, 5.41) is 0.212. The van der Waals surface area contributed by atoms with E-state index in [4.69, 9.17) is 10.5 Å². The van der Waals surface area contributed by atoms with Crippen molar-refractivity contribution in [2.75, 3.05) is 50.5 Å². The largest absolute Gasteiger partial charge is 0.461 e. The van der Waals surface area contributed by atoms with Gasteiger partial charge in [-0.25, -0.2) is 22.5 Å². The van der Waals surface area contributed by atoms with Crippen LogP contribution in [0.3, 0.4) is 0 Å². The first-order valence-electron chi connectivity index (χ1n) is 14.7. The molecule has 3 aliphatic heterocycles. The summed E-state index contributed by atoms with van der Waals surface area (Å²) >= 11 is 0.816. The minimum absolute atomic E-state index is 0.0119. The number of nitrogen functional groups attached to an aromatic ring is 1. The number of carbonyl (C=O) groups is 1. The summed E-state index contributed by atoms with van der Waals surface area (Å²) in [7, 11) is 1.77. The van der Waals surface area contributed by atoms with Crippen LogP contribution in [-0.2, 0) is 4.79 Å². The van der Waals surface area contributed by atoms with Crippen molar-refractivity contribution in [3.8, 4) is 17.3 Å². The van der Waals surface area contributed by atoms with Crippen molar-refractivity contribution < 1.29 is 27.1 Å². The van der Waals surface area contributed by atoms with Gasteiger partial charge in [-0.05, 0) is 31.9 Å². The number of thiazole rings is 1. The predicted octanol–water partition coefficient (Wildman–Crippen LogP) is 4.48. The molecule has 0 aliphatic carbocycles. The monoisotopic (exact) mass is 642 g/mol. The summed E-state index contributed by atoms with van der Waals surface area (Å²) in [6.45, 7) is 5.66. The molecule has 0 bridgehead atoms. The van der Waals surface area contributed by atoms with Gasteiger partial charge in [-0.3, -0.25) is 14.7 Å². The second-order valence-corrected chi connectivity index (χ2v) is 12.9. The van der Waals surface area contributed by atoms with E-state index in [-0.39, 0.29) is 56.4 Å². The molecule has 0 saturated carbocycles. The molecule has 0 radical (unpaired) electrons. The fourth-order valence-electron chi connectivity index (χ4n) is 6.99. The van der Waals surface area contributed by atoms with Crippen LogP contribution in [0.5, 0.6) is 6.01 Å². The number of likely N-dealkylation sites (tertiary alicyclic amines) is 1. The maximum atomic E-state index is 16.5. The number of nitrogens with zero attached hydrogens (tertiary/aromatic N) is 7. The van der Waals surface area contributed by atoms with Gasteiger partial charge in [0.25, 0.3) is 0 Å². The fourth-order valence-corrected chi connectivity index (χ4v) is 7.74. The van der Waals surface area contributed by atoms with E-state index in [2.05, 4.69) is 31.4 Å². The van der Waals surface area contributed by atoms with Crippen molar-refractivity contribution >= 4 is 49.3 Å². The molecule has 3 aromatic heterocycles. The highest BCUT2D eigenvalue weighted by atomic mass is 32.1. The number of hydrogen-bond acceptors (Lipinski definition) is 10. The molecule has 1 aromatic carbocycles. The van der Waals surface area contributed by atoms with Crippen LogP contribution in [-0.4, -0.2) is 93.2 Å². The maximum Gasteiger partial charge on any atom is 0.319 e. The van der Waals surface area contributed by atoms with Crippen molar-refractivity contribution in [1.29, 1.82) is 0 Å². The number of amides is 1. The van der Waals surface area contributed by atoms with Crippen LogP contribution in [0.25, 0.3) is 32.4 Å². The first-order chi connectivity index (χ1) is 21.6. The average molecular weight is 643 g/mol. The van der Waals surface area contributed by atoms with Gasteiger partial charge in [0.15, 0.2) is 10.9 Å². The minimum atomic E-state index is -1.06. The number of hydrogen-bond donors (Lipinski definition) is 1. The van der Waals surface area contributed by atoms with Crippen LogP contribution in [0.1, 0.15) is 25.7 Å². The number of benzene rings is 1. The molecular formula is C30H30F4N8O2S. The molecule has 2 N–H and O–H groups in total. The number of rotatable bonds is 7. The molecule has 236 valence electrons. The molecule has 1 amide bonds. The maximum absolute atomic E-state index is 16.5. The summed E-state index contributed by atoms with van der Waals surface area (Å²) in [6, 6.07) is 0.335. The molecule has 15 heteroatoms. The molecule has 7 rings (SSSR count). The zero-order valence-electron chi connectivity index (χ0n) is 24.4. The Hall–Kier alpha value is -4.11. The first-order valence-corrected chi connectivity index (χ1v) is 15.5. The van der Waals surface area contributed by atoms with Gasteiger partial charge in [0.05, 0.1) is 26.7 Å². The number of likely N-dealkylation sites (N-methyl/N-ethyl adjacent to an activating group) is 1. The highest BCUT2D eigenvalue weighted by Gasteiger charge is 2.49. The average Bonchev–Trinajstić information content (AvgIpc) is 3.79. The van der Waals surface area contributed by atoms with E-state index in [0.717, 1.165) is 30.7 Å². The number of ether oxygens (including phenoxy) is 1. The lowest BCUT2D eigenvalue weighted by molar-refractivity contribution is -0.125. The standard InChI is InChI=1S/C30H30F4N8O2S/c1-3-20(43)41-8-5-16(13-41)40(2)27-17-11-36-24(21-18(32)9-19(33)26-25(21)37-28(35)45-26)22(34)23(17)38-29(39-27)44-14-30-6-4-7-42(30)12-15(31)10-30/h3,9,11,15-16H,1,4-8,10,12-14H2,2H3,(H2,35,37). The lowest BCUT2D eigenvalue weighted by Gasteiger charge is -2.31. The molecule has 3 unspecified atom stereocenters. The number of anilines is 2. The van der Waals surface area contributed by atoms with Crippen LogP contribution in [0.2, 0.25) is 0 Å². The number of alkyl halides is 1. The lowest BCUT2D eigenvalue weighted by atomic mass is 9.95. The molecule has 10 nitrogen and oxygen atoms in total. The van der Waals surface area contributed by atoms with Gasteiger partial charge in [-0.1, -0.05) is 17.9 Å². The Bertz CT molecular complexity index is 1860. The Balaban J connectivity index is 1.33. The number of nitrogens with two attached hydrogens (primary N) is 1. The van der Waals surface area contributed by atoms with E-state index in [1.165, 1.54) is 12.3 Å². The quantitative estimate of drug-likeness (QED) is 0.230. The second kappa shape index (κ2) is 11.1. The molecule has 45 heavy (non-hydrogen) atoms. The van der Waals surface area contributed by atoms with E-state index in [1.54, 1.807) is 11.9 Å². The molecule has 0 spiro atoms. The smallest absolute Gasteiger partial charge is 0.319 e. The Morgan fingerprint density at radius 1 is 1.22 bits per heavy atom. The topological polar surface area (TPSA) is 114 Å². The zero-order valence-corrected chi connectivity index (χ0v) is 25.2. The third-order valence-electron chi connectivity index (χ3n) is 9.23. The van der Waals surface area contributed by atoms with Gasteiger partial charge in [-0.15, -0.1) is 0 Å². The van der Waals surface area contributed by atoms with Crippen molar-refractivity contribution in [2.24, 2.45) is 0 Å². The van der Waals surface area contributed by atoms with Crippen LogP contribution in [0.15, 0.2) is 24.9 Å². The molecular weight excluding hydrogens is 612 g/mol. The first kappa shape index (κ1) is 29.6. The summed E-state index contributed by atoms with van der Waals surface area (Å²) in [5.41, 5.74) is 4.18. The van der Waals surface area contributed by atoms with Gasteiger partial charge in [-0.2, -0.15) is 9.97 Å². The highest BCUT2D eigenvalue weighted by molar-refractivity contribution is 7.22. The highest BCUT2D eigenvalue weighted by Crippen LogP contribution is 2.42. The van der Waals surface area contributed by atoms with Crippen molar-refractivity contribution in [2.45, 2.75) is 43.4 Å². The van der Waals surface area contributed by atoms with Crippen LogP contribution in [0.4, 0.5) is 28.5 Å². The second-order valence-electron chi connectivity index (χ2n) is 11.9. The van der Waals surface area contributed by atoms with Gasteiger partial charge >= 0.3 is 6.01 Å². The van der Waals surface area contributed by atoms with Gasteiger partial charge < -0.3 is 20.3 Å². The molecule has 3 atom stereocenters. The number of carbonyl (C=O) groups excluding carboxylic acids is 1. The molecule has 3 aliphatic rings. The Kier molecular flexibility index (Phi) is 7.27. The van der Waals surface area contributed by atoms with E-state index < -0.39 is 34.9 Å². The van der Waals surface area contributed by atoms with E-state index in [0.29, 0.717) is 44.4 Å². The minimum Gasteiger partial charge on any atom is -0.461 e. The summed E-state index contributed by atoms with van der Waals surface area (Å²) in [4.78, 5) is 35.2. The van der Waals surface area contributed by atoms with E-state index >= 15 is 8.78 Å². The Morgan fingerprint density at radius 2 is 2.04 bits per heavy atom. The van der Waals surface area contributed by atoms with Gasteiger partial charge in [0.1, 0.15) is 41.4 Å². The third kappa shape index (κ3) is 4.92. The molecule has 3 saturated heterocycles. The van der Waals surface area contributed by atoms with Crippen LogP contribution >= 0.6 is 11.3 Å². The van der Waals surface area contributed by atoms with Crippen molar-refractivity contribution in [1.82, 2.24) is 29.7 Å². The van der Waals surface area contributed by atoms with Gasteiger partial charge in [0.2, 0.25) is 5.91 Å². The number of halogens is 4. The number of aromatic nitrogens is 4. The van der Waals surface area contributed by atoms with Crippen molar-refractivity contribution in [3.63, 3.8) is 0 Å². The zero-order chi connectivity index (χ0) is 31.6. The normalized spacial score (nSPS) is 23.3. The molecule has 3 fully saturated rings.